The summed E-state index contributed by atoms with van der Waals surface area (Å²) in [5, 5.41) is 10.8. The van der Waals surface area contributed by atoms with Crippen molar-refractivity contribution in [2.75, 3.05) is 17.2 Å². The van der Waals surface area contributed by atoms with Crippen LogP contribution in [0.5, 0.6) is 0 Å². The van der Waals surface area contributed by atoms with E-state index in [9.17, 15) is 33.3 Å². The van der Waals surface area contributed by atoms with Gasteiger partial charge < -0.3 is 10.6 Å². The Balaban J connectivity index is 2.66. The van der Waals surface area contributed by atoms with Gasteiger partial charge in [0.1, 0.15) is 11.6 Å². The number of aromatic amines is 1. The van der Waals surface area contributed by atoms with Crippen LogP contribution >= 0.6 is 0 Å². The molecule has 3 N–H and O–H groups in total. The van der Waals surface area contributed by atoms with Gasteiger partial charge >= 0.3 is 11.4 Å². The molecule has 0 unspecified atom stereocenters. The lowest BCUT2D eigenvalue weighted by atomic mass is 10.1. The number of nitro groups is 1. The van der Waals surface area contributed by atoms with E-state index in [1.54, 1.807) is 0 Å². The zero-order chi connectivity index (χ0) is 23.3. The molecule has 2 rings (SSSR count). The quantitative estimate of drug-likeness (QED) is 0.454. The molecule has 0 aliphatic heterocycles. The first-order chi connectivity index (χ1) is 14.6. The first-order valence-corrected chi connectivity index (χ1v) is 9.71. The van der Waals surface area contributed by atoms with Gasteiger partial charge in [-0.1, -0.05) is 26.7 Å². The fourth-order valence-corrected chi connectivity index (χ4v) is 2.99. The molecule has 0 fully saturated rings. The molecule has 0 aliphatic rings. The molecule has 2 aromatic rings. The molecule has 1 amide bonds. The Labute approximate surface area is 175 Å². The number of nitrogen functional groups attached to an aromatic ring is 1. The largest absolute Gasteiger partial charge is 0.383 e. The molecule has 0 atom stereocenters. The first kappa shape index (κ1) is 23.7. The SMILES string of the molecule is CCCCN(C(=O)c1cc(F)c([N+](=O)[O-])cc1F)c1c(N)n(CCCC)c(=O)[nH]c1=O. The molecule has 0 spiro atoms. The summed E-state index contributed by atoms with van der Waals surface area (Å²) in [5.74, 6) is -4.12. The summed E-state index contributed by atoms with van der Waals surface area (Å²) in [7, 11) is 0. The lowest BCUT2D eigenvalue weighted by Crippen LogP contribution is -2.42. The van der Waals surface area contributed by atoms with Gasteiger partial charge in [0.2, 0.25) is 5.82 Å². The maximum absolute atomic E-state index is 14.5. The molecule has 0 aliphatic carbocycles. The second-order valence-corrected chi connectivity index (χ2v) is 6.85. The van der Waals surface area contributed by atoms with Gasteiger partial charge in [0.05, 0.1) is 16.6 Å². The van der Waals surface area contributed by atoms with Crippen molar-refractivity contribution in [1.82, 2.24) is 9.55 Å². The molecular formula is C19H23F2N5O5. The van der Waals surface area contributed by atoms with Crippen LogP contribution in [0.4, 0.5) is 26.0 Å². The standard InChI is InChI=1S/C19H23F2N5O5/c1-3-5-7-24(15-16(22)25(8-6-4-2)19(29)23-17(15)27)18(28)11-9-13(21)14(26(30)31)10-12(11)20/h9-10H,3-8,22H2,1-2H3,(H,23,27,29). The van der Waals surface area contributed by atoms with E-state index in [4.69, 9.17) is 5.73 Å². The van der Waals surface area contributed by atoms with Crippen molar-refractivity contribution in [2.45, 2.75) is 46.1 Å². The van der Waals surface area contributed by atoms with E-state index in [1.807, 2.05) is 13.8 Å². The third-order valence-electron chi connectivity index (χ3n) is 4.66. The second kappa shape index (κ2) is 9.96. The maximum atomic E-state index is 14.5. The van der Waals surface area contributed by atoms with Crippen molar-refractivity contribution in [3.63, 3.8) is 0 Å². The van der Waals surface area contributed by atoms with Gasteiger partial charge in [-0.2, -0.15) is 4.39 Å². The summed E-state index contributed by atoms with van der Waals surface area (Å²) in [6.07, 6.45) is 2.27. The summed E-state index contributed by atoms with van der Waals surface area (Å²) < 4.78 is 29.6. The minimum atomic E-state index is -1.40. The monoisotopic (exact) mass is 439 g/mol. The normalized spacial score (nSPS) is 10.8. The Morgan fingerprint density at radius 1 is 1.19 bits per heavy atom. The Bertz CT molecular complexity index is 1110. The van der Waals surface area contributed by atoms with Crippen LogP contribution in [-0.4, -0.2) is 26.9 Å². The highest BCUT2D eigenvalue weighted by Crippen LogP contribution is 2.25. The number of hydrogen-bond acceptors (Lipinski definition) is 6. The zero-order valence-electron chi connectivity index (χ0n) is 17.1. The van der Waals surface area contributed by atoms with Crippen molar-refractivity contribution < 1.29 is 18.5 Å². The Morgan fingerprint density at radius 2 is 1.84 bits per heavy atom. The molecule has 12 heteroatoms. The number of benzene rings is 1. The number of nitrogens with zero attached hydrogens (tertiary/aromatic N) is 3. The molecule has 31 heavy (non-hydrogen) atoms. The molecule has 10 nitrogen and oxygen atoms in total. The number of H-pyrrole nitrogens is 1. The van der Waals surface area contributed by atoms with Gasteiger partial charge in [-0.3, -0.25) is 29.3 Å². The van der Waals surface area contributed by atoms with E-state index >= 15 is 0 Å². The van der Waals surface area contributed by atoms with Crippen LogP contribution in [0.3, 0.4) is 0 Å². The molecule has 168 valence electrons. The Morgan fingerprint density at radius 3 is 2.42 bits per heavy atom. The number of anilines is 2. The minimum Gasteiger partial charge on any atom is -0.383 e. The van der Waals surface area contributed by atoms with Crippen LogP contribution in [0, 0.1) is 21.7 Å². The van der Waals surface area contributed by atoms with Crippen LogP contribution in [0.1, 0.15) is 49.9 Å². The summed E-state index contributed by atoms with van der Waals surface area (Å²) in [5.41, 5.74) is 2.03. The van der Waals surface area contributed by atoms with Crippen molar-refractivity contribution >= 4 is 23.1 Å². The van der Waals surface area contributed by atoms with E-state index in [0.717, 1.165) is 15.9 Å². The predicted octanol–water partition coefficient (Wildman–Crippen LogP) is 2.55. The average Bonchev–Trinajstić information content (AvgIpc) is 2.70. The summed E-state index contributed by atoms with van der Waals surface area (Å²) >= 11 is 0. The predicted molar refractivity (Wildman–Crippen MR) is 110 cm³/mol. The van der Waals surface area contributed by atoms with Gasteiger partial charge in [-0.05, 0) is 18.9 Å². The Hall–Kier alpha value is -3.57. The van der Waals surface area contributed by atoms with Crippen molar-refractivity contribution in [1.29, 1.82) is 0 Å². The number of nitrogens with one attached hydrogen (secondary N) is 1. The van der Waals surface area contributed by atoms with E-state index in [-0.39, 0.29) is 24.6 Å². The number of halogens is 2. The first-order valence-electron chi connectivity index (χ1n) is 9.71. The fourth-order valence-electron chi connectivity index (χ4n) is 2.99. The van der Waals surface area contributed by atoms with Crippen LogP contribution in [0.25, 0.3) is 0 Å². The number of carbonyl (C=O) groups excluding carboxylic acids is 1. The van der Waals surface area contributed by atoms with E-state index in [2.05, 4.69) is 4.98 Å². The van der Waals surface area contributed by atoms with Crippen molar-refractivity contribution in [2.24, 2.45) is 0 Å². The smallest absolute Gasteiger partial charge is 0.330 e. The third kappa shape index (κ3) is 4.95. The summed E-state index contributed by atoms with van der Waals surface area (Å²) in [4.78, 5) is 50.4. The number of hydrogen-bond donors (Lipinski definition) is 2. The van der Waals surface area contributed by atoms with E-state index in [1.165, 1.54) is 0 Å². The van der Waals surface area contributed by atoms with Gasteiger partial charge in [0.25, 0.3) is 11.5 Å². The molecule has 1 aromatic heterocycles. The molecular weight excluding hydrogens is 416 g/mol. The number of unbranched alkanes of at least 4 members (excludes halogenated alkanes) is 2. The number of carbonyl (C=O) groups is 1. The Kier molecular flexibility index (Phi) is 7.61. The third-order valence-corrected chi connectivity index (χ3v) is 4.66. The number of amides is 1. The second-order valence-electron chi connectivity index (χ2n) is 6.85. The number of nitrogens with two attached hydrogens (primary N) is 1. The van der Waals surface area contributed by atoms with Crippen LogP contribution < -0.4 is 21.9 Å². The fraction of sp³-hybridized carbons (Fsp3) is 0.421. The van der Waals surface area contributed by atoms with E-state index < -0.39 is 45.0 Å². The minimum absolute atomic E-state index is 0.0767. The van der Waals surface area contributed by atoms with E-state index in [0.29, 0.717) is 31.4 Å². The molecule has 0 bridgehead atoms. The van der Waals surface area contributed by atoms with Crippen LogP contribution in [0.2, 0.25) is 0 Å². The molecule has 1 aromatic carbocycles. The summed E-state index contributed by atoms with van der Waals surface area (Å²) in [6, 6.07) is 0.711. The summed E-state index contributed by atoms with van der Waals surface area (Å²) in [6.45, 7) is 3.80. The highest BCUT2D eigenvalue weighted by Gasteiger charge is 2.29. The lowest BCUT2D eigenvalue weighted by molar-refractivity contribution is -0.387. The average molecular weight is 439 g/mol. The molecule has 1 heterocycles. The zero-order valence-corrected chi connectivity index (χ0v) is 17.1. The highest BCUT2D eigenvalue weighted by atomic mass is 19.1. The van der Waals surface area contributed by atoms with Gasteiger partial charge in [0.15, 0.2) is 5.69 Å². The van der Waals surface area contributed by atoms with Crippen LogP contribution in [-0.2, 0) is 6.54 Å². The molecule has 0 saturated heterocycles. The number of nitro benzene ring substituents is 1. The molecule has 0 saturated carbocycles. The number of rotatable bonds is 9. The highest BCUT2D eigenvalue weighted by molar-refractivity contribution is 6.07. The van der Waals surface area contributed by atoms with Crippen molar-refractivity contribution in [3.8, 4) is 0 Å². The number of aromatic nitrogens is 2. The van der Waals surface area contributed by atoms with Gasteiger partial charge in [0, 0.05) is 13.1 Å². The topological polar surface area (TPSA) is 144 Å². The molecule has 0 radical (unpaired) electrons. The maximum Gasteiger partial charge on any atom is 0.330 e. The van der Waals surface area contributed by atoms with Gasteiger partial charge in [-0.15, -0.1) is 0 Å². The van der Waals surface area contributed by atoms with Crippen LogP contribution in [0.15, 0.2) is 21.7 Å². The lowest BCUT2D eigenvalue weighted by Gasteiger charge is -2.24. The van der Waals surface area contributed by atoms with Crippen molar-refractivity contribution in [3.05, 3.63) is 60.3 Å². The van der Waals surface area contributed by atoms with Gasteiger partial charge in [-0.25, -0.2) is 9.18 Å².